The summed E-state index contributed by atoms with van der Waals surface area (Å²) in [5.41, 5.74) is 1.29. The van der Waals surface area contributed by atoms with Gasteiger partial charge in [-0.1, -0.05) is 12.1 Å². The predicted molar refractivity (Wildman–Crippen MR) is 75.6 cm³/mol. The van der Waals surface area contributed by atoms with Gasteiger partial charge in [0.1, 0.15) is 11.4 Å². The van der Waals surface area contributed by atoms with Crippen LogP contribution in [0.15, 0.2) is 42.6 Å². The van der Waals surface area contributed by atoms with Gasteiger partial charge in [-0.25, -0.2) is 0 Å². The number of aromatic nitrogens is 1. The third-order valence-corrected chi connectivity index (χ3v) is 2.67. The lowest BCUT2D eigenvalue weighted by Gasteiger charge is -2.14. The largest absolute Gasteiger partial charge is 0.489 e. The molecule has 1 N–H and O–H groups in total. The van der Waals surface area contributed by atoms with Gasteiger partial charge in [-0.2, -0.15) is 0 Å². The molecule has 1 amide bonds. The zero-order valence-corrected chi connectivity index (χ0v) is 11.4. The molecule has 1 aromatic heterocycles. The first-order chi connectivity index (χ1) is 9.08. The van der Waals surface area contributed by atoms with E-state index in [0.29, 0.717) is 17.1 Å². The Kier molecular flexibility index (Phi) is 3.90. The quantitative estimate of drug-likeness (QED) is 0.915. The van der Waals surface area contributed by atoms with Gasteiger partial charge in [-0.3, -0.25) is 4.79 Å². The number of carbonyl (C=O) groups is 1. The number of hydrogen-bond donors (Lipinski definition) is 1. The molecule has 0 aliphatic carbocycles. The Balaban J connectivity index is 2.19. The van der Waals surface area contributed by atoms with Crippen molar-refractivity contribution in [3.05, 3.63) is 48.3 Å². The summed E-state index contributed by atoms with van der Waals surface area (Å²) in [7, 11) is 1.84. The lowest BCUT2D eigenvalue weighted by Crippen LogP contribution is -2.16. The second-order valence-electron chi connectivity index (χ2n) is 4.62. The average Bonchev–Trinajstić information content (AvgIpc) is 2.77. The predicted octanol–water partition coefficient (Wildman–Crippen LogP) is 3.06. The van der Waals surface area contributed by atoms with Crippen molar-refractivity contribution in [3.8, 4) is 5.75 Å². The van der Waals surface area contributed by atoms with E-state index in [4.69, 9.17) is 4.74 Å². The maximum atomic E-state index is 12.1. The summed E-state index contributed by atoms with van der Waals surface area (Å²) < 4.78 is 7.45. The summed E-state index contributed by atoms with van der Waals surface area (Å²) >= 11 is 0. The molecule has 0 saturated carbocycles. The fourth-order valence-corrected chi connectivity index (χ4v) is 1.81. The summed E-state index contributed by atoms with van der Waals surface area (Å²) in [5.74, 6) is 0.535. The molecule has 4 heteroatoms. The van der Waals surface area contributed by atoms with Crippen LogP contribution >= 0.6 is 0 Å². The summed E-state index contributed by atoms with van der Waals surface area (Å²) in [4.78, 5) is 12.1. The Bertz CT molecular complexity index is 573. The van der Waals surface area contributed by atoms with Gasteiger partial charge < -0.3 is 14.6 Å². The topological polar surface area (TPSA) is 43.3 Å². The maximum absolute atomic E-state index is 12.1. The van der Waals surface area contributed by atoms with Crippen LogP contribution in [0, 0.1) is 0 Å². The van der Waals surface area contributed by atoms with Gasteiger partial charge in [-0.15, -0.1) is 0 Å². The second kappa shape index (κ2) is 5.61. The number of carbonyl (C=O) groups excluding carboxylic acids is 1. The molecule has 0 unspecified atom stereocenters. The minimum atomic E-state index is -0.146. The van der Waals surface area contributed by atoms with E-state index in [1.54, 1.807) is 10.6 Å². The Morgan fingerprint density at radius 3 is 2.58 bits per heavy atom. The van der Waals surface area contributed by atoms with E-state index in [-0.39, 0.29) is 12.0 Å². The smallest absolute Gasteiger partial charge is 0.272 e. The van der Waals surface area contributed by atoms with Gasteiger partial charge in [0.15, 0.2) is 0 Å². The van der Waals surface area contributed by atoms with Crippen molar-refractivity contribution in [1.82, 2.24) is 4.57 Å². The second-order valence-corrected chi connectivity index (χ2v) is 4.62. The highest BCUT2D eigenvalue weighted by Gasteiger charge is 2.12. The van der Waals surface area contributed by atoms with Crippen LogP contribution in [0.1, 0.15) is 24.3 Å². The molecular formula is C15H18N2O2. The van der Waals surface area contributed by atoms with Crippen molar-refractivity contribution < 1.29 is 9.53 Å². The minimum absolute atomic E-state index is 0.0630. The molecule has 0 fully saturated rings. The lowest BCUT2D eigenvalue weighted by molar-refractivity contribution is 0.101. The van der Waals surface area contributed by atoms with Crippen molar-refractivity contribution >= 4 is 11.6 Å². The van der Waals surface area contributed by atoms with Crippen LogP contribution in [0.3, 0.4) is 0 Å². The number of aryl methyl sites for hydroxylation is 1. The van der Waals surface area contributed by atoms with Gasteiger partial charge >= 0.3 is 0 Å². The third-order valence-electron chi connectivity index (χ3n) is 2.67. The maximum Gasteiger partial charge on any atom is 0.272 e. The van der Waals surface area contributed by atoms with Crippen molar-refractivity contribution in [1.29, 1.82) is 0 Å². The van der Waals surface area contributed by atoms with Gasteiger partial charge in [0, 0.05) is 13.2 Å². The highest BCUT2D eigenvalue weighted by atomic mass is 16.5. The van der Waals surface area contributed by atoms with Gasteiger partial charge in [0.25, 0.3) is 5.91 Å². The van der Waals surface area contributed by atoms with Crippen molar-refractivity contribution in [2.45, 2.75) is 20.0 Å². The zero-order chi connectivity index (χ0) is 13.8. The number of rotatable bonds is 4. The molecule has 100 valence electrons. The average molecular weight is 258 g/mol. The Labute approximate surface area is 113 Å². The number of ether oxygens (including phenoxy) is 1. The van der Waals surface area contributed by atoms with Gasteiger partial charge in [-0.05, 0) is 38.1 Å². The van der Waals surface area contributed by atoms with Crippen LogP contribution in [0.5, 0.6) is 5.75 Å². The zero-order valence-electron chi connectivity index (χ0n) is 11.4. The van der Waals surface area contributed by atoms with Crippen LogP contribution in [0.2, 0.25) is 0 Å². The molecule has 0 bridgehead atoms. The number of anilines is 1. The molecule has 1 aromatic carbocycles. The molecule has 0 aliphatic rings. The fourth-order valence-electron chi connectivity index (χ4n) is 1.81. The molecule has 19 heavy (non-hydrogen) atoms. The molecule has 2 rings (SSSR count). The Morgan fingerprint density at radius 1 is 1.21 bits per heavy atom. The first-order valence-electron chi connectivity index (χ1n) is 6.26. The Morgan fingerprint density at radius 2 is 1.95 bits per heavy atom. The first-order valence-corrected chi connectivity index (χ1v) is 6.26. The first kappa shape index (κ1) is 13.2. The highest BCUT2D eigenvalue weighted by Crippen LogP contribution is 2.25. The lowest BCUT2D eigenvalue weighted by atomic mass is 10.2. The number of para-hydroxylation sites is 2. The van der Waals surface area contributed by atoms with E-state index >= 15 is 0 Å². The van der Waals surface area contributed by atoms with E-state index in [2.05, 4.69) is 5.32 Å². The SMILES string of the molecule is CC(C)Oc1ccccc1NC(=O)c1cccn1C. The molecule has 0 saturated heterocycles. The molecule has 0 aliphatic heterocycles. The Hall–Kier alpha value is -2.23. The van der Waals surface area contributed by atoms with Crippen LogP contribution in [-0.4, -0.2) is 16.6 Å². The number of hydrogen-bond acceptors (Lipinski definition) is 2. The van der Waals surface area contributed by atoms with Crippen LogP contribution in [0.25, 0.3) is 0 Å². The normalized spacial score (nSPS) is 10.5. The molecule has 1 heterocycles. The van der Waals surface area contributed by atoms with Gasteiger partial charge in [0.2, 0.25) is 0 Å². The summed E-state index contributed by atoms with van der Waals surface area (Å²) in [5, 5.41) is 2.87. The molecule has 0 radical (unpaired) electrons. The van der Waals surface area contributed by atoms with Crippen molar-refractivity contribution in [2.75, 3.05) is 5.32 Å². The third kappa shape index (κ3) is 3.16. The summed E-state index contributed by atoms with van der Waals surface area (Å²) in [6.45, 7) is 3.91. The summed E-state index contributed by atoms with van der Waals surface area (Å²) in [6.07, 6.45) is 1.90. The fraction of sp³-hybridized carbons (Fsp3) is 0.267. The van der Waals surface area contributed by atoms with E-state index in [1.165, 1.54) is 0 Å². The number of nitrogens with one attached hydrogen (secondary N) is 1. The molecule has 2 aromatic rings. The number of nitrogens with zero attached hydrogens (tertiary/aromatic N) is 1. The number of benzene rings is 1. The van der Waals surface area contributed by atoms with E-state index in [9.17, 15) is 4.79 Å². The molecule has 0 spiro atoms. The van der Waals surface area contributed by atoms with E-state index < -0.39 is 0 Å². The van der Waals surface area contributed by atoms with Crippen molar-refractivity contribution in [3.63, 3.8) is 0 Å². The highest BCUT2D eigenvalue weighted by molar-refractivity contribution is 6.03. The monoisotopic (exact) mass is 258 g/mol. The molecule has 4 nitrogen and oxygen atoms in total. The molecular weight excluding hydrogens is 240 g/mol. The van der Waals surface area contributed by atoms with E-state index in [1.807, 2.05) is 57.4 Å². The van der Waals surface area contributed by atoms with E-state index in [0.717, 1.165) is 0 Å². The van der Waals surface area contributed by atoms with Crippen LogP contribution < -0.4 is 10.1 Å². The minimum Gasteiger partial charge on any atom is -0.489 e. The molecule has 0 atom stereocenters. The van der Waals surface area contributed by atoms with Crippen LogP contribution in [0.4, 0.5) is 5.69 Å². The standard InChI is InChI=1S/C15H18N2O2/c1-11(2)19-14-9-5-4-7-12(14)16-15(18)13-8-6-10-17(13)3/h4-11H,1-3H3,(H,16,18). The van der Waals surface area contributed by atoms with Crippen LogP contribution in [-0.2, 0) is 7.05 Å². The van der Waals surface area contributed by atoms with Crippen molar-refractivity contribution in [2.24, 2.45) is 7.05 Å². The summed E-state index contributed by atoms with van der Waals surface area (Å²) in [6, 6.07) is 11.1. The number of amides is 1. The van der Waals surface area contributed by atoms with Gasteiger partial charge in [0.05, 0.1) is 11.8 Å².